The van der Waals surface area contributed by atoms with Gasteiger partial charge in [-0.15, -0.1) is 6.58 Å². The van der Waals surface area contributed by atoms with Crippen LogP contribution in [0.1, 0.15) is 23.1 Å². The predicted molar refractivity (Wildman–Crippen MR) is 88.2 cm³/mol. The van der Waals surface area contributed by atoms with E-state index >= 15 is 0 Å². The van der Waals surface area contributed by atoms with Crippen LogP contribution in [0.2, 0.25) is 0 Å². The van der Waals surface area contributed by atoms with E-state index in [0.29, 0.717) is 18.1 Å². The molecule has 2 aromatic carbocycles. The van der Waals surface area contributed by atoms with Gasteiger partial charge in [0.25, 0.3) is 0 Å². The van der Waals surface area contributed by atoms with Crippen LogP contribution in [0.5, 0.6) is 5.75 Å². The van der Waals surface area contributed by atoms with Gasteiger partial charge in [-0.3, -0.25) is 0 Å². The minimum absolute atomic E-state index is 0.359. The van der Waals surface area contributed by atoms with Gasteiger partial charge in [0.15, 0.2) is 0 Å². The minimum atomic E-state index is 0.359. The molecule has 0 aliphatic heterocycles. The van der Waals surface area contributed by atoms with Crippen LogP contribution in [0, 0.1) is 5.92 Å². The molecule has 106 valence electrons. The number of hydrogen-bond donors (Lipinski definition) is 1. The van der Waals surface area contributed by atoms with Gasteiger partial charge >= 0.3 is 0 Å². The van der Waals surface area contributed by atoms with Crippen LogP contribution < -0.4 is 0 Å². The van der Waals surface area contributed by atoms with Crippen molar-refractivity contribution in [2.75, 3.05) is 0 Å². The lowest BCUT2D eigenvalue weighted by Gasteiger charge is -2.28. The van der Waals surface area contributed by atoms with Crippen LogP contribution in [-0.4, -0.2) is 5.11 Å². The maximum absolute atomic E-state index is 9.87. The van der Waals surface area contributed by atoms with E-state index in [1.165, 1.54) is 16.7 Å². The maximum atomic E-state index is 9.87. The van der Waals surface area contributed by atoms with Gasteiger partial charge in [0.1, 0.15) is 5.75 Å². The molecule has 1 nitrogen and oxygen atoms in total. The lowest BCUT2D eigenvalue weighted by molar-refractivity contribution is 0.469. The van der Waals surface area contributed by atoms with Gasteiger partial charge in [-0.25, -0.2) is 0 Å². The quantitative estimate of drug-likeness (QED) is 0.780. The van der Waals surface area contributed by atoms with Gasteiger partial charge in [-0.2, -0.15) is 0 Å². The Morgan fingerprint density at radius 2 is 1.95 bits per heavy atom. The lowest BCUT2D eigenvalue weighted by Crippen LogP contribution is -2.14. The lowest BCUT2D eigenvalue weighted by atomic mass is 9.76. The molecule has 2 aromatic rings. The molecule has 0 bridgehead atoms. The van der Waals surface area contributed by atoms with Crippen LogP contribution in [0.3, 0.4) is 0 Å². The van der Waals surface area contributed by atoms with Gasteiger partial charge in [0.05, 0.1) is 0 Å². The van der Waals surface area contributed by atoms with E-state index in [2.05, 4.69) is 49.1 Å². The highest BCUT2D eigenvalue weighted by Crippen LogP contribution is 2.39. The molecular formula is C20H20O. The molecule has 21 heavy (non-hydrogen) atoms. The number of allylic oxidation sites excluding steroid dienone is 3. The minimum Gasteiger partial charge on any atom is -0.508 e. The highest BCUT2D eigenvalue weighted by molar-refractivity contribution is 5.73. The Morgan fingerprint density at radius 3 is 2.62 bits per heavy atom. The molecule has 0 spiro atoms. The van der Waals surface area contributed by atoms with Gasteiger partial charge in [-0.1, -0.05) is 48.6 Å². The Morgan fingerprint density at radius 1 is 1.14 bits per heavy atom. The first-order valence-corrected chi connectivity index (χ1v) is 7.45. The van der Waals surface area contributed by atoms with E-state index in [1.807, 2.05) is 12.1 Å². The smallest absolute Gasteiger partial charge is 0.119 e. The Balaban J connectivity index is 1.78. The van der Waals surface area contributed by atoms with Crippen LogP contribution in [0.25, 0.3) is 5.57 Å². The molecular weight excluding hydrogens is 256 g/mol. The van der Waals surface area contributed by atoms with Crippen molar-refractivity contribution in [3.8, 4) is 5.75 Å². The second kappa shape index (κ2) is 6.01. The normalized spacial score (nSPS) is 17.0. The van der Waals surface area contributed by atoms with Crippen LogP contribution in [0.15, 0.2) is 67.3 Å². The van der Waals surface area contributed by atoms with E-state index in [0.717, 1.165) is 18.4 Å². The Hall–Kier alpha value is -2.28. The topological polar surface area (TPSA) is 20.2 Å². The Bertz CT molecular complexity index is 667. The molecule has 1 aliphatic rings. The Labute approximate surface area is 126 Å². The largest absolute Gasteiger partial charge is 0.508 e. The summed E-state index contributed by atoms with van der Waals surface area (Å²) in [6.45, 7) is 3.75. The molecule has 1 N–H and O–H groups in total. The first-order valence-electron chi connectivity index (χ1n) is 7.45. The summed E-state index contributed by atoms with van der Waals surface area (Å²) in [5, 5.41) is 9.87. The summed E-state index contributed by atoms with van der Waals surface area (Å²) in [6, 6.07) is 16.5. The predicted octanol–water partition coefficient (Wildman–Crippen LogP) is 4.77. The maximum Gasteiger partial charge on any atom is 0.119 e. The van der Waals surface area contributed by atoms with E-state index in [1.54, 1.807) is 6.07 Å². The fourth-order valence-corrected chi connectivity index (χ4v) is 2.93. The van der Waals surface area contributed by atoms with Crippen molar-refractivity contribution >= 4 is 5.57 Å². The highest BCUT2D eigenvalue weighted by Gasteiger charge is 2.23. The van der Waals surface area contributed by atoms with Gasteiger partial charge in [-0.05, 0) is 59.6 Å². The van der Waals surface area contributed by atoms with Crippen molar-refractivity contribution in [2.24, 2.45) is 5.92 Å². The fraction of sp³-hybridized carbons (Fsp3) is 0.200. The van der Waals surface area contributed by atoms with Crippen molar-refractivity contribution < 1.29 is 5.11 Å². The zero-order valence-electron chi connectivity index (χ0n) is 12.1. The molecule has 1 atom stereocenters. The van der Waals surface area contributed by atoms with E-state index in [4.69, 9.17) is 0 Å². The number of benzene rings is 2. The van der Waals surface area contributed by atoms with Crippen LogP contribution in [0.4, 0.5) is 0 Å². The molecule has 0 saturated carbocycles. The Kier molecular flexibility index (Phi) is 3.92. The molecule has 1 aliphatic carbocycles. The third kappa shape index (κ3) is 2.92. The molecule has 0 radical (unpaired) electrons. The van der Waals surface area contributed by atoms with Crippen LogP contribution in [-0.2, 0) is 12.8 Å². The third-order valence-electron chi connectivity index (χ3n) is 4.16. The molecule has 1 unspecified atom stereocenters. The number of phenolic OH excluding ortho intramolecular Hbond substituents is 1. The van der Waals surface area contributed by atoms with Crippen LogP contribution >= 0.6 is 0 Å². The number of phenols is 1. The number of rotatable bonds is 5. The van der Waals surface area contributed by atoms with E-state index < -0.39 is 0 Å². The summed E-state index contributed by atoms with van der Waals surface area (Å²) >= 11 is 0. The average molecular weight is 276 g/mol. The summed E-state index contributed by atoms with van der Waals surface area (Å²) < 4.78 is 0. The molecule has 3 rings (SSSR count). The SMILES string of the molecule is C=CCc1cc(C2=CCC2Cc2ccccc2)ccc1O. The first-order chi connectivity index (χ1) is 10.3. The summed E-state index contributed by atoms with van der Waals surface area (Å²) in [5.41, 5.74) is 4.98. The zero-order chi connectivity index (χ0) is 14.7. The monoisotopic (exact) mass is 276 g/mol. The van der Waals surface area contributed by atoms with Crippen molar-refractivity contribution in [1.29, 1.82) is 0 Å². The highest BCUT2D eigenvalue weighted by atomic mass is 16.3. The summed E-state index contributed by atoms with van der Waals surface area (Å²) in [7, 11) is 0. The number of hydrogen-bond acceptors (Lipinski definition) is 1. The zero-order valence-corrected chi connectivity index (χ0v) is 12.1. The van der Waals surface area contributed by atoms with E-state index in [9.17, 15) is 5.11 Å². The first kappa shape index (κ1) is 13.7. The second-order valence-corrected chi connectivity index (χ2v) is 5.62. The molecule has 0 heterocycles. The molecule has 0 saturated heterocycles. The summed E-state index contributed by atoms with van der Waals surface area (Å²) in [4.78, 5) is 0. The van der Waals surface area contributed by atoms with Gasteiger partial charge in [0.2, 0.25) is 0 Å². The standard InChI is InChI=1S/C20H20O/c1-2-6-18-14-17(10-12-20(18)21)19-11-9-16(19)13-15-7-4-3-5-8-15/h2-5,7-8,10-12,14,16,21H,1,6,9,13H2. The molecule has 0 fully saturated rings. The second-order valence-electron chi connectivity index (χ2n) is 5.62. The van der Waals surface area contributed by atoms with Crippen molar-refractivity contribution in [2.45, 2.75) is 19.3 Å². The van der Waals surface area contributed by atoms with Gasteiger partial charge in [0, 0.05) is 0 Å². The van der Waals surface area contributed by atoms with E-state index in [-0.39, 0.29) is 0 Å². The molecule has 0 aromatic heterocycles. The number of aromatic hydroxyl groups is 1. The molecule has 1 heteroatoms. The third-order valence-corrected chi connectivity index (χ3v) is 4.16. The average Bonchev–Trinajstić information content (AvgIpc) is 2.48. The van der Waals surface area contributed by atoms with Crippen molar-refractivity contribution in [1.82, 2.24) is 0 Å². The molecule has 0 amide bonds. The summed E-state index contributed by atoms with van der Waals surface area (Å²) in [6.07, 6.45) is 7.07. The summed E-state index contributed by atoms with van der Waals surface area (Å²) in [5.74, 6) is 0.951. The fourth-order valence-electron chi connectivity index (χ4n) is 2.93. The van der Waals surface area contributed by atoms with Gasteiger partial charge < -0.3 is 5.11 Å². The van der Waals surface area contributed by atoms with Crippen molar-refractivity contribution in [3.63, 3.8) is 0 Å². The van der Waals surface area contributed by atoms with Crippen molar-refractivity contribution in [3.05, 3.63) is 84.0 Å².